The summed E-state index contributed by atoms with van der Waals surface area (Å²) < 4.78 is 5.51. The van der Waals surface area contributed by atoms with Crippen LogP contribution < -0.4 is 10.1 Å². The lowest BCUT2D eigenvalue weighted by atomic mass is 9.99. The Bertz CT molecular complexity index is 1170. The normalized spacial score (nSPS) is 11.2. The van der Waals surface area contributed by atoms with Gasteiger partial charge in [0.05, 0.1) is 18.2 Å². The molecule has 2 aromatic carbocycles. The van der Waals surface area contributed by atoms with Crippen molar-refractivity contribution in [3.63, 3.8) is 0 Å². The summed E-state index contributed by atoms with van der Waals surface area (Å²) in [6, 6.07) is 12.5. The smallest absolute Gasteiger partial charge is 0.143 e. The number of halogens is 1. The molecule has 0 aliphatic heterocycles. The van der Waals surface area contributed by atoms with Gasteiger partial charge in [0, 0.05) is 22.0 Å². The number of hydrogen-bond donors (Lipinski definition) is 1. The Morgan fingerprint density at radius 2 is 1.86 bits per heavy atom. The molecule has 4 rings (SSSR count). The van der Waals surface area contributed by atoms with Crippen LogP contribution >= 0.6 is 22.9 Å². The van der Waals surface area contributed by atoms with E-state index in [1.807, 2.05) is 19.1 Å². The number of thiophene rings is 1. The van der Waals surface area contributed by atoms with E-state index in [4.69, 9.17) is 16.3 Å². The molecule has 1 N–H and O–H groups in total. The number of fused-ring (bicyclic) bond motifs is 1. The van der Waals surface area contributed by atoms with Gasteiger partial charge in [0.15, 0.2) is 0 Å². The van der Waals surface area contributed by atoms with E-state index in [9.17, 15) is 0 Å². The highest BCUT2D eigenvalue weighted by atomic mass is 35.5. The first-order chi connectivity index (χ1) is 14.0. The number of anilines is 2. The van der Waals surface area contributed by atoms with Crippen molar-refractivity contribution in [3.8, 4) is 16.9 Å². The van der Waals surface area contributed by atoms with Gasteiger partial charge in [0.25, 0.3) is 0 Å². The maximum absolute atomic E-state index is 6.25. The van der Waals surface area contributed by atoms with Crippen molar-refractivity contribution in [2.45, 2.75) is 26.7 Å². The topological polar surface area (TPSA) is 47.0 Å². The van der Waals surface area contributed by atoms with Crippen molar-refractivity contribution < 1.29 is 4.74 Å². The van der Waals surface area contributed by atoms with Gasteiger partial charge in [-0.15, -0.1) is 11.3 Å². The lowest BCUT2D eigenvalue weighted by Crippen LogP contribution is -1.99. The van der Waals surface area contributed by atoms with Crippen LogP contribution in [0.25, 0.3) is 21.3 Å². The van der Waals surface area contributed by atoms with E-state index >= 15 is 0 Å². The zero-order valence-electron chi connectivity index (χ0n) is 16.8. The van der Waals surface area contributed by atoms with Crippen LogP contribution in [0.5, 0.6) is 5.75 Å². The third-order valence-corrected chi connectivity index (χ3v) is 6.29. The van der Waals surface area contributed by atoms with Crippen LogP contribution in [0.15, 0.2) is 48.1 Å². The molecule has 0 unspecified atom stereocenters. The first kappa shape index (κ1) is 19.7. The SMILES string of the molecule is COc1cc(Cl)c(C)cc1Nc1ncnc2scc(-c3ccc(C(C)C)cc3)c12. The molecule has 0 fully saturated rings. The van der Waals surface area contributed by atoms with E-state index in [1.165, 1.54) is 5.56 Å². The van der Waals surface area contributed by atoms with Crippen LogP contribution in [0.1, 0.15) is 30.9 Å². The number of aryl methyl sites for hydroxylation is 1. The summed E-state index contributed by atoms with van der Waals surface area (Å²) >= 11 is 7.87. The maximum atomic E-state index is 6.25. The van der Waals surface area contributed by atoms with Gasteiger partial charge < -0.3 is 10.1 Å². The van der Waals surface area contributed by atoms with Crippen LogP contribution in [-0.4, -0.2) is 17.1 Å². The van der Waals surface area contributed by atoms with E-state index in [-0.39, 0.29) is 0 Å². The molecule has 4 aromatic rings. The lowest BCUT2D eigenvalue weighted by molar-refractivity contribution is 0.416. The summed E-state index contributed by atoms with van der Waals surface area (Å²) in [5, 5.41) is 7.24. The van der Waals surface area contributed by atoms with Gasteiger partial charge >= 0.3 is 0 Å². The van der Waals surface area contributed by atoms with Crippen LogP contribution in [-0.2, 0) is 0 Å². The van der Waals surface area contributed by atoms with E-state index < -0.39 is 0 Å². The average Bonchev–Trinajstić information content (AvgIpc) is 3.16. The number of ether oxygens (including phenoxy) is 1. The Hall–Kier alpha value is -2.63. The van der Waals surface area contributed by atoms with Crippen LogP contribution in [0.2, 0.25) is 5.02 Å². The molecular weight excluding hydrogens is 402 g/mol. The molecule has 0 saturated carbocycles. The van der Waals surface area contributed by atoms with Crippen LogP contribution in [0.4, 0.5) is 11.5 Å². The monoisotopic (exact) mass is 423 g/mol. The minimum absolute atomic E-state index is 0.504. The second-order valence-corrected chi connectivity index (χ2v) is 8.52. The highest BCUT2D eigenvalue weighted by Gasteiger charge is 2.16. The van der Waals surface area contributed by atoms with Gasteiger partial charge in [0.1, 0.15) is 22.7 Å². The number of nitrogens with zero attached hydrogens (tertiary/aromatic N) is 2. The minimum Gasteiger partial charge on any atom is -0.495 e. The average molecular weight is 424 g/mol. The summed E-state index contributed by atoms with van der Waals surface area (Å²) in [4.78, 5) is 9.93. The van der Waals surface area contributed by atoms with Crippen molar-refractivity contribution in [2.24, 2.45) is 0 Å². The molecule has 0 bridgehead atoms. The molecule has 0 spiro atoms. The standard InChI is InChI=1S/C23H22ClN3OS/c1-13(2)15-5-7-16(8-6-15)17-11-29-23-21(17)22(25-12-26-23)27-19-9-14(3)18(24)10-20(19)28-4/h5-13H,1-4H3,(H,25,26,27). The summed E-state index contributed by atoms with van der Waals surface area (Å²) in [5.74, 6) is 1.93. The minimum atomic E-state index is 0.504. The van der Waals surface area contributed by atoms with E-state index in [0.717, 1.165) is 38.4 Å². The van der Waals surface area contributed by atoms with Gasteiger partial charge in [-0.1, -0.05) is 49.7 Å². The predicted octanol–water partition coefficient (Wildman–Crippen LogP) is 7.20. The van der Waals surface area contributed by atoms with Crippen molar-refractivity contribution >= 4 is 44.7 Å². The predicted molar refractivity (Wildman–Crippen MR) is 123 cm³/mol. The lowest BCUT2D eigenvalue weighted by Gasteiger charge is -2.14. The van der Waals surface area contributed by atoms with Crippen LogP contribution in [0, 0.1) is 6.92 Å². The zero-order valence-corrected chi connectivity index (χ0v) is 18.4. The van der Waals surface area contributed by atoms with Crippen molar-refractivity contribution in [1.29, 1.82) is 0 Å². The number of methoxy groups -OCH3 is 1. The number of rotatable bonds is 5. The Labute approximate surface area is 179 Å². The Balaban J connectivity index is 1.81. The molecular formula is C23H22ClN3OS. The molecule has 2 aromatic heterocycles. The summed E-state index contributed by atoms with van der Waals surface area (Å²) in [7, 11) is 1.63. The fraction of sp³-hybridized carbons (Fsp3) is 0.217. The molecule has 0 radical (unpaired) electrons. The molecule has 0 aliphatic rings. The van der Waals surface area contributed by atoms with Gasteiger partial charge in [-0.3, -0.25) is 0 Å². The first-order valence-corrected chi connectivity index (χ1v) is 10.7. The molecule has 4 nitrogen and oxygen atoms in total. The summed E-state index contributed by atoms with van der Waals surface area (Å²) in [6.45, 7) is 6.37. The largest absolute Gasteiger partial charge is 0.495 e. The van der Waals surface area contributed by atoms with Gasteiger partial charge in [-0.05, 0) is 35.6 Å². The Morgan fingerprint density at radius 1 is 1.10 bits per heavy atom. The molecule has 0 amide bonds. The van der Waals surface area contributed by atoms with Crippen molar-refractivity contribution in [1.82, 2.24) is 9.97 Å². The van der Waals surface area contributed by atoms with E-state index in [1.54, 1.807) is 24.8 Å². The third-order valence-electron chi connectivity index (χ3n) is 4.99. The molecule has 0 atom stereocenters. The number of aromatic nitrogens is 2. The van der Waals surface area contributed by atoms with Gasteiger partial charge in [-0.2, -0.15) is 0 Å². The number of nitrogens with one attached hydrogen (secondary N) is 1. The fourth-order valence-corrected chi connectivity index (χ4v) is 4.36. The molecule has 6 heteroatoms. The van der Waals surface area contributed by atoms with Crippen molar-refractivity contribution in [2.75, 3.05) is 12.4 Å². The molecule has 148 valence electrons. The quantitative estimate of drug-likeness (QED) is 0.368. The second-order valence-electron chi connectivity index (χ2n) is 7.26. The third kappa shape index (κ3) is 3.80. The number of hydrogen-bond acceptors (Lipinski definition) is 5. The van der Waals surface area contributed by atoms with Crippen molar-refractivity contribution in [3.05, 3.63) is 64.3 Å². The summed E-state index contributed by atoms with van der Waals surface area (Å²) in [6.07, 6.45) is 1.59. The molecule has 0 aliphatic carbocycles. The highest BCUT2D eigenvalue weighted by Crippen LogP contribution is 2.39. The highest BCUT2D eigenvalue weighted by molar-refractivity contribution is 7.17. The number of benzene rings is 2. The molecule has 29 heavy (non-hydrogen) atoms. The van der Waals surface area contributed by atoms with Gasteiger partial charge in [0.2, 0.25) is 0 Å². The molecule has 0 saturated heterocycles. The summed E-state index contributed by atoms with van der Waals surface area (Å²) in [5.41, 5.74) is 5.38. The van der Waals surface area contributed by atoms with E-state index in [2.05, 4.69) is 58.8 Å². The van der Waals surface area contributed by atoms with Gasteiger partial charge in [-0.25, -0.2) is 9.97 Å². The Morgan fingerprint density at radius 3 is 2.55 bits per heavy atom. The fourth-order valence-electron chi connectivity index (χ4n) is 3.29. The van der Waals surface area contributed by atoms with E-state index in [0.29, 0.717) is 16.7 Å². The van der Waals surface area contributed by atoms with Crippen LogP contribution in [0.3, 0.4) is 0 Å². The molecule has 2 heterocycles. The maximum Gasteiger partial charge on any atom is 0.143 e. The zero-order chi connectivity index (χ0) is 20.5. The Kier molecular flexibility index (Phi) is 5.43. The second kappa shape index (κ2) is 8.01. The first-order valence-electron chi connectivity index (χ1n) is 9.41.